The molecule has 2 rings (SSSR count). The van der Waals surface area contributed by atoms with Gasteiger partial charge in [0.15, 0.2) is 6.23 Å². The average molecular weight is 298 g/mol. The number of hydrogen-bond acceptors (Lipinski definition) is 8. The first-order valence-corrected chi connectivity index (χ1v) is 6.27. The average Bonchev–Trinajstić information content (AvgIpc) is 2.77. The lowest BCUT2D eigenvalue weighted by Gasteiger charge is -2.17. The van der Waals surface area contributed by atoms with Crippen LogP contribution in [0.5, 0.6) is 0 Å². The molecule has 1 aliphatic rings. The summed E-state index contributed by atoms with van der Waals surface area (Å²) in [4.78, 5) is 20.2. The first-order valence-electron chi connectivity index (χ1n) is 6.27. The number of nitrogens with two attached hydrogens (primary N) is 1. The van der Waals surface area contributed by atoms with Crippen LogP contribution in [0.1, 0.15) is 11.8 Å². The molecule has 0 radical (unpaired) electrons. The van der Waals surface area contributed by atoms with Gasteiger partial charge >= 0.3 is 5.69 Å². The summed E-state index contributed by atoms with van der Waals surface area (Å²) >= 11 is 0. The van der Waals surface area contributed by atoms with Crippen LogP contribution < -0.4 is 16.9 Å². The Morgan fingerprint density at radius 3 is 3.00 bits per heavy atom. The molecule has 1 aromatic rings. The van der Waals surface area contributed by atoms with Gasteiger partial charge in [0.1, 0.15) is 18.0 Å². The van der Waals surface area contributed by atoms with Crippen LogP contribution in [-0.2, 0) is 9.57 Å². The monoisotopic (exact) mass is 298 g/mol. The van der Waals surface area contributed by atoms with E-state index in [0.29, 0.717) is 11.1 Å². The van der Waals surface area contributed by atoms with Crippen molar-refractivity contribution in [1.29, 1.82) is 0 Å². The Bertz CT molecular complexity index is 600. The van der Waals surface area contributed by atoms with Crippen LogP contribution in [-0.4, -0.2) is 45.7 Å². The zero-order valence-electron chi connectivity index (χ0n) is 11.7. The number of nitrogens with one attached hydrogen (secondary N) is 1. The van der Waals surface area contributed by atoms with Crippen LogP contribution in [0.3, 0.4) is 0 Å². The van der Waals surface area contributed by atoms with E-state index in [9.17, 15) is 15.0 Å². The molecule has 3 atom stereocenters. The standard InChI is InChI=1S/C12H18N4O5/c1-6-4-16(12(19)15-10(6)13)11-9(18)7(3-14-20-2)8(5-17)21-11/h3-4,8-9,11,14,17-18H,5H2,1-2H3,(H2,13,15,19)/t8-,9-,11-/m1/s1. The van der Waals surface area contributed by atoms with E-state index in [-0.39, 0.29) is 12.4 Å². The number of aromatic nitrogens is 2. The lowest BCUT2D eigenvalue weighted by molar-refractivity contribution is -0.0527. The summed E-state index contributed by atoms with van der Waals surface area (Å²) in [6, 6.07) is 0. The molecule has 0 aromatic carbocycles. The molecule has 0 amide bonds. The SMILES string of the molecule is CONC=C1[C@@H](O)[C@H](n2cc(C)c(N)nc2=O)O[C@@H]1CO. The molecule has 116 valence electrons. The number of aryl methyl sites for hydroxylation is 1. The van der Waals surface area contributed by atoms with Crippen LogP contribution in [0.25, 0.3) is 0 Å². The Labute approximate surface area is 120 Å². The number of rotatable bonds is 4. The normalized spacial score (nSPS) is 27.2. The van der Waals surface area contributed by atoms with Gasteiger partial charge in [-0.2, -0.15) is 4.98 Å². The molecule has 1 aliphatic heterocycles. The smallest absolute Gasteiger partial charge is 0.351 e. The Morgan fingerprint density at radius 1 is 1.67 bits per heavy atom. The first-order chi connectivity index (χ1) is 9.99. The minimum atomic E-state index is -1.13. The summed E-state index contributed by atoms with van der Waals surface area (Å²) < 4.78 is 6.66. The molecule has 0 unspecified atom stereocenters. The predicted molar refractivity (Wildman–Crippen MR) is 72.9 cm³/mol. The maximum Gasteiger partial charge on any atom is 0.351 e. The quantitative estimate of drug-likeness (QED) is 0.490. The number of anilines is 1. The van der Waals surface area contributed by atoms with E-state index < -0.39 is 24.1 Å². The van der Waals surface area contributed by atoms with E-state index in [1.54, 1.807) is 6.92 Å². The van der Waals surface area contributed by atoms with Gasteiger partial charge in [0.05, 0.1) is 13.7 Å². The number of aliphatic hydroxyl groups is 2. The highest BCUT2D eigenvalue weighted by Crippen LogP contribution is 2.32. The maximum absolute atomic E-state index is 11.9. The first kappa shape index (κ1) is 15.4. The second kappa shape index (κ2) is 6.22. The fourth-order valence-electron chi connectivity index (χ4n) is 2.11. The van der Waals surface area contributed by atoms with Crippen LogP contribution in [0.4, 0.5) is 5.82 Å². The molecular formula is C12H18N4O5. The molecule has 1 fully saturated rings. The lowest BCUT2D eigenvalue weighted by atomic mass is 10.1. The molecule has 5 N–H and O–H groups in total. The highest BCUT2D eigenvalue weighted by molar-refractivity contribution is 5.35. The fourth-order valence-corrected chi connectivity index (χ4v) is 2.11. The second-order valence-corrected chi connectivity index (χ2v) is 4.61. The van der Waals surface area contributed by atoms with Crippen molar-refractivity contribution >= 4 is 5.82 Å². The van der Waals surface area contributed by atoms with Gasteiger partial charge in [-0.1, -0.05) is 0 Å². The van der Waals surface area contributed by atoms with Crippen molar-refractivity contribution in [2.75, 3.05) is 19.5 Å². The van der Waals surface area contributed by atoms with Crippen molar-refractivity contribution in [3.63, 3.8) is 0 Å². The zero-order valence-corrected chi connectivity index (χ0v) is 11.7. The van der Waals surface area contributed by atoms with Gasteiger partial charge in [-0.15, -0.1) is 0 Å². The van der Waals surface area contributed by atoms with Crippen LogP contribution in [0, 0.1) is 6.92 Å². The third-order valence-corrected chi connectivity index (χ3v) is 3.24. The number of nitrogens with zero attached hydrogens (tertiary/aromatic N) is 2. The third-order valence-electron chi connectivity index (χ3n) is 3.24. The predicted octanol–water partition coefficient (Wildman–Crippen LogP) is -1.58. The van der Waals surface area contributed by atoms with Gasteiger partial charge in [0, 0.05) is 23.5 Å². The molecular weight excluding hydrogens is 280 g/mol. The van der Waals surface area contributed by atoms with Crippen molar-refractivity contribution < 1.29 is 19.8 Å². The maximum atomic E-state index is 11.9. The zero-order chi connectivity index (χ0) is 15.6. The number of aliphatic hydroxyl groups excluding tert-OH is 2. The Balaban J connectivity index is 2.38. The molecule has 21 heavy (non-hydrogen) atoms. The van der Waals surface area contributed by atoms with Gasteiger partial charge < -0.3 is 20.7 Å². The van der Waals surface area contributed by atoms with Gasteiger partial charge in [-0.05, 0) is 6.92 Å². The van der Waals surface area contributed by atoms with Crippen molar-refractivity contribution in [3.8, 4) is 0 Å². The van der Waals surface area contributed by atoms with Gasteiger partial charge in [-0.25, -0.2) is 4.79 Å². The summed E-state index contributed by atoms with van der Waals surface area (Å²) in [5.74, 6) is 0.124. The lowest BCUT2D eigenvalue weighted by Crippen LogP contribution is -2.33. The van der Waals surface area contributed by atoms with Gasteiger partial charge in [-0.3, -0.25) is 14.9 Å². The molecule has 0 saturated carbocycles. The molecule has 0 spiro atoms. The van der Waals surface area contributed by atoms with E-state index in [1.807, 2.05) is 0 Å². The molecule has 2 heterocycles. The van der Waals surface area contributed by atoms with Crippen molar-refractivity contribution in [3.05, 3.63) is 34.0 Å². The molecule has 9 heteroatoms. The molecule has 1 aromatic heterocycles. The molecule has 9 nitrogen and oxygen atoms in total. The van der Waals surface area contributed by atoms with Crippen LogP contribution in [0.2, 0.25) is 0 Å². The molecule has 0 bridgehead atoms. The van der Waals surface area contributed by atoms with E-state index >= 15 is 0 Å². The largest absolute Gasteiger partial charge is 0.393 e. The van der Waals surface area contributed by atoms with E-state index in [2.05, 4.69) is 15.3 Å². The summed E-state index contributed by atoms with van der Waals surface area (Å²) in [7, 11) is 1.41. The minimum Gasteiger partial charge on any atom is -0.393 e. The number of ether oxygens (including phenoxy) is 1. The Morgan fingerprint density at radius 2 is 2.38 bits per heavy atom. The van der Waals surface area contributed by atoms with Gasteiger partial charge in [0.25, 0.3) is 0 Å². The summed E-state index contributed by atoms with van der Waals surface area (Å²) in [6.45, 7) is 1.34. The highest BCUT2D eigenvalue weighted by atomic mass is 16.6. The van der Waals surface area contributed by atoms with Crippen LogP contribution >= 0.6 is 0 Å². The summed E-state index contributed by atoms with van der Waals surface area (Å²) in [5.41, 5.74) is 8.33. The minimum absolute atomic E-state index is 0.124. The Kier molecular flexibility index (Phi) is 4.58. The second-order valence-electron chi connectivity index (χ2n) is 4.61. The Hall–Kier alpha value is -1.94. The number of hydroxylamine groups is 1. The molecule has 0 aliphatic carbocycles. The number of nitrogen functional groups attached to an aromatic ring is 1. The van der Waals surface area contributed by atoms with E-state index in [4.69, 9.17) is 10.5 Å². The van der Waals surface area contributed by atoms with E-state index in [1.165, 1.54) is 19.5 Å². The van der Waals surface area contributed by atoms with Crippen LogP contribution in [0.15, 0.2) is 22.8 Å². The van der Waals surface area contributed by atoms with Crippen molar-refractivity contribution in [2.45, 2.75) is 25.4 Å². The number of hydrogen-bond donors (Lipinski definition) is 4. The highest BCUT2D eigenvalue weighted by Gasteiger charge is 2.40. The topological polar surface area (TPSA) is 132 Å². The van der Waals surface area contributed by atoms with Crippen molar-refractivity contribution in [2.24, 2.45) is 0 Å². The van der Waals surface area contributed by atoms with E-state index in [0.717, 1.165) is 4.57 Å². The van der Waals surface area contributed by atoms with Crippen molar-refractivity contribution in [1.82, 2.24) is 15.0 Å². The third kappa shape index (κ3) is 2.90. The fraction of sp³-hybridized carbons (Fsp3) is 0.500. The molecule has 1 saturated heterocycles. The summed E-state index contributed by atoms with van der Waals surface area (Å²) in [6.07, 6.45) is -0.0375. The van der Waals surface area contributed by atoms with Gasteiger partial charge in [0.2, 0.25) is 0 Å². The summed E-state index contributed by atoms with van der Waals surface area (Å²) in [5, 5.41) is 19.6.